The normalized spacial score (nSPS) is 13.2. The fourth-order valence-electron chi connectivity index (χ4n) is 3.59. The van der Waals surface area contributed by atoms with E-state index in [-0.39, 0.29) is 5.92 Å². The summed E-state index contributed by atoms with van der Waals surface area (Å²) in [6.45, 7) is 4.25. The van der Waals surface area contributed by atoms with E-state index in [2.05, 4.69) is 6.92 Å². The summed E-state index contributed by atoms with van der Waals surface area (Å²) in [5.41, 5.74) is 0.779. The molecule has 1 atom stereocenters. The lowest BCUT2D eigenvalue weighted by Gasteiger charge is -2.38. The van der Waals surface area contributed by atoms with Crippen LogP contribution in [0.25, 0.3) is 0 Å². The van der Waals surface area contributed by atoms with E-state index in [0.29, 0.717) is 12.8 Å². The highest BCUT2D eigenvalue weighted by atomic mass is 19.2. The molecule has 0 aliphatic heterocycles. The second kappa shape index (κ2) is 11.6. The molecule has 1 aromatic carbocycles. The third-order valence-electron chi connectivity index (χ3n) is 5.18. The van der Waals surface area contributed by atoms with Crippen molar-refractivity contribution in [1.29, 1.82) is 0 Å². The Hall–Kier alpha value is -1.00. The van der Waals surface area contributed by atoms with Gasteiger partial charge in [0, 0.05) is 20.1 Å². The van der Waals surface area contributed by atoms with E-state index in [4.69, 9.17) is 9.47 Å². The molecule has 0 aromatic heterocycles. The Kier molecular flexibility index (Phi) is 10.2. The summed E-state index contributed by atoms with van der Waals surface area (Å²) in [6.07, 6.45) is 9.58. The van der Waals surface area contributed by atoms with Crippen molar-refractivity contribution in [3.63, 3.8) is 0 Å². The van der Waals surface area contributed by atoms with Crippen LogP contribution in [0, 0.1) is 17.6 Å². The molecule has 0 radical (unpaired) electrons. The number of rotatable bonds is 13. The number of ether oxygens (including phenoxy) is 2. The van der Waals surface area contributed by atoms with E-state index in [0.717, 1.165) is 18.4 Å². The van der Waals surface area contributed by atoms with E-state index >= 15 is 0 Å². The SMILES string of the molecule is CCCCCCCCC(Cc1ccc(F)c(F)c1)C(CC)(OC)OC. The molecule has 0 heterocycles. The van der Waals surface area contributed by atoms with Gasteiger partial charge in [-0.1, -0.05) is 58.4 Å². The fraction of sp³-hybridized carbons (Fsp3) is 0.714. The van der Waals surface area contributed by atoms with Crippen molar-refractivity contribution in [1.82, 2.24) is 0 Å². The topological polar surface area (TPSA) is 18.5 Å². The fourth-order valence-corrected chi connectivity index (χ4v) is 3.59. The van der Waals surface area contributed by atoms with Crippen LogP contribution in [0.15, 0.2) is 18.2 Å². The number of benzene rings is 1. The van der Waals surface area contributed by atoms with E-state index in [1.165, 1.54) is 44.2 Å². The number of halogens is 2. The molecule has 2 nitrogen and oxygen atoms in total. The van der Waals surface area contributed by atoms with Crippen LogP contribution < -0.4 is 0 Å². The molecule has 0 amide bonds. The first-order valence-corrected chi connectivity index (χ1v) is 9.57. The minimum absolute atomic E-state index is 0.100. The molecular formula is C21H34F2O2. The van der Waals surface area contributed by atoms with E-state index in [1.807, 2.05) is 6.92 Å². The van der Waals surface area contributed by atoms with Crippen LogP contribution in [0.3, 0.4) is 0 Å². The van der Waals surface area contributed by atoms with Crippen LogP contribution in [-0.4, -0.2) is 20.0 Å². The lowest BCUT2D eigenvalue weighted by atomic mass is 9.84. The first-order chi connectivity index (χ1) is 12.0. The molecule has 1 unspecified atom stereocenters. The Labute approximate surface area is 151 Å². The van der Waals surface area contributed by atoms with Crippen molar-refractivity contribution >= 4 is 0 Å². The summed E-state index contributed by atoms with van der Waals surface area (Å²) in [4.78, 5) is 0. The summed E-state index contributed by atoms with van der Waals surface area (Å²) < 4.78 is 38.2. The van der Waals surface area contributed by atoms with Crippen LogP contribution in [0.1, 0.15) is 70.8 Å². The maximum absolute atomic E-state index is 13.6. The average Bonchev–Trinajstić information content (AvgIpc) is 2.62. The maximum Gasteiger partial charge on any atom is 0.170 e. The van der Waals surface area contributed by atoms with Crippen molar-refractivity contribution in [3.8, 4) is 0 Å². The van der Waals surface area contributed by atoms with Crippen molar-refractivity contribution in [3.05, 3.63) is 35.4 Å². The predicted molar refractivity (Wildman–Crippen MR) is 98.6 cm³/mol. The average molecular weight is 356 g/mol. The van der Waals surface area contributed by atoms with Crippen LogP contribution in [0.5, 0.6) is 0 Å². The predicted octanol–water partition coefficient (Wildman–Crippen LogP) is 6.27. The molecule has 0 aliphatic carbocycles. The molecular weight excluding hydrogens is 322 g/mol. The molecule has 0 fully saturated rings. The van der Waals surface area contributed by atoms with Gasteiger partial charge in [0.25, 0.3) is 0 Å². The maximum atomic E-state index is 13.6. The minimum Gasteiger partial charge on any atom is -0.353 e. The van der Waals surface area contributed by atoms with Crippen molar-refractivity contribution in [2.24, 2.45) is 5.92 Å². The third kappa shape index (κ3) is 6.67. The van der Waals surface area contributed by atoms with Crippen LogP contribution in [0.2, 0.25) is 0 Å². The van der Waals surface area contributed by atoms with Gasteiger partial charge in [-0.05, 0) is 37.0 Å². The van der Waals surface area contributed by atoms with Crippen LogP contribution in [-0.2, 0) is 15.9 Å². The monoisotopic (exact) mass is 356 g/mol. The van der Waals surface area contributed by atoms with Gasteiger partial charge in [0.05, 0.1) is 0 Å². The zero-order chi connectivity index (χ0) is 18.7. The van der Waals surface area contributed by atoms with Gasteiger partial charge in [-0.15, -0.1) is 0 Å². The number of hydrogen-bond donors (Lipinski definition) is 0. The molecule has 0 bridgehead atoms. The van der Waals surface area contributed by atoms with Gasteiger partial charge in [0.2, 0.25) is 0 Å². The van der Waals surface area contributed by atoms with E-state index in [9.17, 15) is 8.78 Å². The highest BCUT2D eigenvalue weighted by molar-refractivity contribution is 5.18. The van der Waals surface area contributed by atoms with Gasteiger partial charge in [-0.25, -0.2) is 8.78 Å². The first kappa shape index (κ1) is 22.0. The lowest BCUT2D eigenvalue weighted by molar-refractivity contribution is -0.243. The van der Waals surface area contributed by atoms with E-state index < -0.39 is 17.4 Å². The molecule has 144 valence electrons. The van der Waals surface area contributed by atoms with Gasteiger partial charge in [0.15, 0.2) is 17.4 Å². The zero-order valence-electron chi connectivity index (χ0n) is 16.2. The third-order valence-corrected chi connectivity index (χ3v) is 5.18. The van der Waals surface area contributed by atoms with Gasteiger partial charge in [0.1, 0.15) is 0 Å². The minimum atomic E-state index is -0.809. The van der Waals surface area contributed by atoms with Gasteiger partial charge >= 0.3 is 0 Å². The van der Waals surface area contributed by atoms with Crippen LogP contribution >= 0.6 is 0 Å². The highest BCUT2D eigenvalue weighted by Gasteiger charge is 2.37. The largest absolute Gasteiger partial charge is 0.353 e. The van der Waals surface area contributed by atoms with Gasteiger partial charge in [-0.3, -0.25) is 0 Å². The molecule has 0 saturated carbocycles. The summed E-state index contributed by atoms with van der Waals surface area (Å²) in [5.74, 6) is -2.19. The zero-order valence-corrected chi connectivity index (χ0v) is 16.2. The Morgan fingerprint density at radius 3 is 2.12 bits per heavy atom. The summed E-state index contributed by atoms with van der Waals surface area (Å²) >= 11 is 0. The lowest BCUT2D eigenvalue weighted by Crippen LogP contribution is -2.42. The standard InChI is InChI=1S/C21H34F2O2/c1-5-7-8-9-10-11-12-18(21(6-2,24-3)25-4)15-17-13-14-19(22)20(23)16-17/h13-14,16,18H,5-12,15H2,1-4H3. The summed E-state index contributed by atoms with van der Waals surface area (Å²) in [5, 5.41) is 0. The van der Waals surface area contributed by atoms with Crippen LogP contribution in [0.4, 0.5) is 8.78 Å². The Morgan fingerprint density at radius 1 is 0.920 bits per heavy atom. The number of unbranched alkanes of at least 4 members (excludes halogenated alkanes) is 5. The van der Waals surface area contributed by atoms with Gasteiger partial charge < -0.3 is 9.47 Å². The Bertz CT molecular complexity index is 479. The molecule has 1 rings (SSSR count). The smallest absolute Gasteiger partial charge is 0.170 e. The molecule has 25 heavy (non-hydrogen) atoms. The molecule has 0 aliphatic rings. The second-order valence-electron chi connectivity index (χ2n) is 6.78. The Morgan fingerprint density at radius 2 is 1.56 bits per heavy atom. The van der Waals surface area contributed by atoms with Gasteiger partial charge in [-0.2, -0.15) is 0 Å². The molecule has 1 aromatic rings. The van der Waals surface area contributed by atoms with E-state index in [1.54, 1.807) is 20.3 Å². The summed E-state index contributed by atoms with van der Waals surface area (Å²) in [7, 11) is 3.32. The molecule has 0 N–H and O–H groups in total. The van der Waals surface area contributed by atoms with Crippen molar-refractivity contribution < 1.29 is 18.3 Å². The first-order valence-electron chi connectivity index (χ1n) is 9.57. The number of hydrogen-bond acceptors (Lipinski definition) is 2. The quantitative estimate of drug-likeness (QED) is 0.306. The number of methoxy groups -OCH3 is 2. The second-order valence-corrected chi connectivity index (χ2v) is 6.78. The molecule has 0 spiro atoms. The molecule has 4 heteroatoms. The van der Waals surface area contributed by atoms with Crippen molar-refractivity contribution in [2.45, 2.75) is 77.4 Å². The Balaban J connectivity index is 2.78. The van der Waals surface area contributed by atoms with Crippen molar-refractivity contribution in [2.75, 3.05) is 14.2 Å². The summed E-state index contributed by atoms with van der Waals surface area (Å²) in [6, 6.07) is 4.13. The highest BCUT2D eigenvalue weighted by Crippen LogP contribution is 2.34. The molecule has 0 saturated heterocycles.